The first-order chi connectivity index (χ1) is 18.8. The van der Waals surface area contributed by atoms with E-state index in [0.717, 1.165) is 17.2 Å². The van der Waals surface area contributed by atoms with Gasteiger partial charge >= 0.3 is 88.7 Å². The third-order valence-electron chi connectivity index (χ3n) is 6.38. The summed E-state index contributed by atoms with van der Waals surface area (Å²) in [7, 11) is -10.2. The number of fused-ring (bicyclic) bond motifs is 2. The Morgan fingerprint density at radius 2 is 1.58 bits per heavy atom. The maximum Gasteiger partial charge on any atom is 1.00 e. The molecule has 1 aromatic heterocycles. The van der Waals surface area contributed by atoms with Crippen molar-refractivity contribution < 1.29 is 119 Å². The zero-order chi connectivity index (χ0) is 28.8. The Bertz CT molecular complexity index is 2070. The van der Waals surface area contributed by atoms with E-state index in [-0.39, 0.29) is 117 Å². The standard InChI is InChI=1S/C29H23N2O7S2.3Na/c1-17-5-3-6-20(11-17)27(32)14-19-9-10-24-23(13-19)26(12-18(2)30-24)31-25-8-4-7-21-15-22(39(33,34)35)16-28(29(21)25)40(36,37)38;;;/h3,5-13,15-16H,14H2,1-2H3,(H,30,31)(H,33,34,35)(H,36,37,38);;;/q-1;3*+1/p-2. The van der Waals surface area contributed by atoms with Gasteiger partial charge in [-0.25, -0.2) is 16.8 Å². The molecular weight excluding hydrogens is 621 g/mol. The predicted octanol–water partition coefficient (Wildman–Crippen LogP) is -4.21. The first-order valence-electron chi connectivity index (χ1n) is 12.0. The number of aromatic nitrogens is 1. The first-order valence-corrected chi connectivity index (χ1v) is 14.8. The van der Waals surface area contributed by atoms with E-state index in [4.69, 9.17) is 0 Å². The van der Waals surface area contributed by atoms with Crippen molar-refractivity contribution in [1.29, 1.82) is 0 Å². The van der Waals surface area contributed by atoms with Gasteiger partial charge in [0.25, 0.3) is 0 Å². The fraction of sp³-hybridized carbons (Fsp3) is 0.103. The van der Waals surface area contributed by atoms with Crippen molar-refractivity contribution in [2.24, 2.45) is 0 Å². The van der Waals surface area contributed by atoms with Gasteiger partial charge in [0.15, 0.2) is 5.78 Å². The van der Waals surface area contributed by atoms with Gasteiger partial charge in [0.05, 0.1) is 5.52 Å². The number of carbonyl (C=O) groups is 1. The predicted molar refractivity (Wildman–Crippen MR) is 148 cm³/mol. The Hall–Kier alpha value is -1.16. The van der Waals surface area contributed by atoms with Crippen molar-refractivity contribution in [2.75, 3.05) is 5.32 Å². The van der Waals surface area contributed by atoms with Crippen LogP contribution >= 0.6 is 0 Å². The number of anilines is 2. The van der Waals surface area contributed by atoms with Gasteiger partial charge in [0.1, 0.15) is 20.2 Å². The zero-order valence-corrected chi connectivity index (χ0v) is 31.9. The molecule has 43 heavy (non-hydrogen) atoms. The minimum atomic E-state index is -5.18. The number of hydrogen-bond acceptors (Lipinski definition) is 9. The molecular formula is C29H21N2Na3O7S2. The summed E-state index contributed by atoms with van der Waals surface area (Å²) >= 11 is 0. The molecule has 204 valence electrons. The smallest absolute Gasteiger partial charge is 0.744 e. The quantitative estimate of drug-likeness (QED) is 0.0805. The molecule has 5 rings (SSSR count). The maximum absolute atomic E-state index is 12.9. The van der Waals surface area contributed by atoms with Crippen LogP contribution in [0.15, 0.2) is 82.6 Å². The van der Waals surface area contributed by atoms with Gasteiger partial charge in [0, 0.05) is 38.5 Å². The summed E-state index contributed by atoms with van der Waals surface area (Å²) in [6, 6.07) is 21.5. The van der Waals surface area contributed by atoms with E-state index in [2.05, 4.69) is 16.4 Å². The molecule has 0 bridgehead atoms. The number of nitrogens with zero attached hydrogens (tertiary/aromatic N) is 1. The minimum Gasteiger partial charge on any atom is -0.744 e. The SMILES string of the molecule is Cc1cccc(C(=O)Cc2ccc3nc(C)cc(Nc4c[c-]cc5cc(S(=O)(=O)[O-])cc(S(=O)(=O)[O-])c45)c3c2)c1.[Na+].[Na+].[Na+]. The number of Topliss-reactive ketones (excluding diaryl/α,β-unsaturated/α-hetero) is 1. The zero-order valence-electron chi connectivity index (χ0n) is 24.3. The molecule has 9 nitrogen and oxygen atoms in total. The van der Waals surface area contributed by atoms with Gasteiger partial charge in [0.2, 0.25) is 0 Å². The fourth-order valence-corrected chi connectivity index (χ4v) is 5.97. The molecule has 0 radical (unpaired) electrons. The Kier molecular flexibility index (Phi) is 13.2. The van der Waals surface area contributed by atoms with Gasteiger partial charge in [-0.05, 0) is 49.7 Å². The van der Waals surface area contributed by atoms with Crippen LogP contribution < -0.4 is 94.0 Å². The average molecular weight is 643 g/mol. The molecule has 0 aliphatic carbocycles. The molecule has 4 aromatic carbocycles. The number of pyridine rings is 1. The van der Waals surface area contributed by atoms with Crippen molar-refractivity contribution in [3.63, 3.8) is 0 Å². The number of rotatable bonds is 7. The van der Waals surface area contributed by atoms with Gasteiger partial charge < -0.3 is 14.4 Å². The largest absolute Gasteiger partial charge is 1.00 e. The molecule has 5 aromatic rings. The summed E-state index contributed by atoms with van der Waals surface area (Å²) in [6.45, 7) is 3.68. The molecule has 0 amide bonds. The molecule has 0 fully saturated rings. The topological polar surface area (TPSA) is 156 Å². The monoisotopic (exact) mass is 642 g/mol. The maximum atomic E-state index is 12.9. The van der Waals surface area contributed by atoms with Crippen LogP contribution in [0.4, 0.5) is 11.4 Å². The molecule has 0 atom stereocenters. The Morgan fingerprint density at radius 3 is 2.23 bits per heavy atom. The van der Waals surface area contributed by atoms with Crippen molar-refractivity contribution in [2.45, 2.75) is 30.1 Å². The van der Waals surface area contributed by atoms with Crippen LogP contribution in [-0.4, -0.2) is 36.7 Å². The Labute approximate surface area is 316 Å². The normalized spacial score (nSPS) is 11.3. The van der Waals surface area contributed by atoms with Gasteiger partial charge in [-0.3, -0.25) is 9.78 Å². The van der Waals surface area contributed by atoms with Gasteiger partial charge in [-0.2, -0.15) is 18.2 Å². The van der Waals surface area contributed by atoms with Crippen LogP contribution in [0, 0.1) is 19.9 Å². The number of carbonyl (C=O) groups excluding carboxylic acids is 1. The summed E-state index contributed by atoms with van der Waals surface area (Å²) in [5.74, 6) is -0.0595. The fourth-order valence-electron chi connectivity index (χ4n) is 4.61. The van der Waals surface area contributed by atoms with Crippen LogP contribution in [0.3, 0.4) is 0 Å². The van der Waals surface area contributed by atoms with Gasteiger partial charge in [-0.1, -0.05) is 47.0 Å². The van der Waals surface area contributed by atoms with Crippen molar-refractivity contribution in [3.05, 3.63) is 101 Å². The summed E-state index contributed by atoms with van der Waals surface area (Å²) < 4.78 is 71.3. The van der Waals surface area contributed by atoms with E-state index in [9.17, 15) is 30.7 Å². The molecule has 0 aliphatic heterocycles. The van der Waals surface area contributed by atoms with Crippen LogP contribution in [0.2, 0.25) is 0 Å². The number of nitrogens with one attached hydrogen (secondary N) is 1. The summed E-state index contributed by atoms with van der Waals surface area (Å²) in [5, 5.41) is 3.70. The van der Waals surface area contributed by atoms with Crippen LogP contribution in [0.1, 0.15) is 27.2 Å². The molecule has 0 unspecified atom stereocenters. The Morgan fingerprint density at radius 1 is 0.860 bits per heavy atom. The van der Waals surface area contributed by atoms with E-state index in [1.165, 1.54) is 12.1 Å². The number of benzene rings is 4. The molecule has 0 saturated carbocycles. The van der Waals surface area contributed by atoms with E-state index in [1.807, 2.05) is 31.2 Å². The summed E-state index contributed by atoms with van der Waals surface area (Å²) in [6.07, 6.45) is 0.139. The molecule has 0 aliphatic rings. The van der Waals surface area contributed by atoms with Gasteiger partial charge in [-0.15, -0.1) is 5.39 Å². The van der Waals surface area contributed by atoms with Crippen molar-refractivity contribution >= 4 is 59.1 Å². The van der Waals surface area contributed by atoms with Crippen LogP contribution in [0.25, 0.3) is 21.7 Å². The number of hydrogen-bond donors (Lipinski definition) is 1. The molecule has 0 saturated heterocycles. The number of aryl methyl sites for hydroxylation is 2. The summed E-state index contributed by atoms with van der Waals surface area (Å²) in [5.41, 5.74) is 4.19. The Balaban J connectivity index is 0.00000215. The second kappa shape index (κ2) is 15.0. The van der Waals surface area contributed by atoms with Crippen LogP contribution in [-0.2, 0) is 26.7 Å². The first kappa shape index (κ1) is 38.0. The van der Waals surface area contributed by atoms with E-state index in [0.29, 0.717) is 33.9 Å². The second-order valence-electron chi connectivity index (χ2n) is 9.42. The van der Waals surface area contributed by atoms with Crippen LogP contribution in [0.5, 0.6) is 0 Å². The third kappa shape index (κ3) is 8.76. The third-order valence-corrected chi connectivity index (χ3v) is 8.05. The number of ketones is 1. The van der Waals surface area contributed by atoms with Crippen molar-refractivity contribution in [1.82, 2.24) is 4.98 Å². The molecule has 0 spiro atoms. The molecule has 14 heteroatoms. The van der Waals surface area contributed by atoms with E-state index < -0.39 is 30.0 Å². The minimum absolute atomic E-state index is 0. The van der Waals surface area contributed by atoms with E-state index >= 15 is 0 Å². The van der Waals surface area contributed by atoms with Crippen molar-refractivity contribution in [3.8, 4) is 0 Å². The molecule has 1 heterocycles. The summed E-state index contributed by atoms with van der Waals surface area (Å²) in [4.78, 5) is 15.8. The average Bonchev–Trinajstić information content (AvgIpc) is 2.87. The molecule has 1 N–H and O–H groups in total. The second-order valence-corrected chi connectivity index (χ2v) is 12.1. The van der Waals surface area contributed by atoms with E-state index in [1.54, 1.807) is 31.2 Å².